The number of fused-ring (bicyclic) bond motifs is 1. The lowest BCUT2D eigenvalue weighted by Crippen LogP contribution is -2.41. The van der Waals surface area contributed by atoms with Gasteiger partial charge in [0.1, 0.15) is 5.82 Å². The van der Waals surface area contributed by atoms with Gasteiger partial charge in [0.05, 0.1) is 23.9 Å². The molecule has 7 heteroatoms. The molecule has 2 amide bonds. The fraction of sp³-hybridized carbons (Fsp3) is 0.304. The highest BCUT2D eigenvalue weighted by molar-refractivity contribution is 5.96. The largest absolute Gasteiger partial charge is 0.337 e. The van der Waals surface area contributed by atoms with E-state index in [1.807, 2.05) is 35.0 Å². The number of nitrogens with zero attached hydrogens (tertiary/aromatic N) is 4. The molecule has 0 fully saturated rings. The van der Waals surface area contributed by atoms with E-state index >= 15 is 0 Å². The zero-order valence-corrected chi connectivity index (χ0v) is 17.2. The van der Waals surface area contributed by atoms with Gasteiger partial charge in [0.25, 0.3) is 0 Å². The first-order chi connectivity index (χ1) is 14.6. The Morgan fingerprint density at radius 3 is 2.67 bits per heavy atom. The molecular formula is C23H25N5O2. The number of anilines is 1. The number of amides is 2. The van der Waals surface area contributed by atoms with Crippen molar-refractivity contribution in [2.75, 3.05) is 11.9 Å². The smallest absolute Gasteiger partial charge is 0.236 e. The lowest BCUT2D eigenvalue weighted by Gasteiger charge is -2.32. The van der Waals surface area contributed by atoms with Crippen molar-refractivity contribution in [2.24, 2.45) is 0 Å². The molecule has 0 spiro atoms. The Kier molecular flexibility index (Phi) is 5.61. The van der Waals surface area contributed by atoms with Crippen molar-refractivity contribution >= 4 is 17.6 Å². The van der Waals surface area contributed by atoms with Gasteiger partial charge in [-0.3, -0.25) is 14.6 Å². The summed E-state index contributed by atoms with van der Waals surface area (Å²) in [5.41, 5.74) is 2.77. The van der Waals surface area contributed by atoms with Gasteiger partial charge in [0.15, 0.2) is 0 Å². The fourth-order valence-electron chi connectivity index (χ4n) is 4.02. The summed E-state index contributed by atoms with van der Waals surface area (Å²) in [5.74, 6) is -0.139. The Labute approximate surface area is 175 Å². The van der Waals surface area contributed by atoms with Gasteiger partial charge in [-0.15, -0.1) is 0 Å². The third-order valence-electron chi connectivity index (χ3n) is 5.57. The molecule has 4 rings (SSSR count). The van der Waals surface area contributed by atoms with Crippen LogP contribution in [0.2, 0.25) is 0 Å². The predicted molar refractivity (Wildman–Crippen MR) is 114 cm³/mol. The topological polar surface area (TPSA) is 80.1 Å². The average Bonchev–Trinajstić information content (AvgIpc) is 3.21. The summed E-state index contributed by atoms with van der Waals surface area (Å²) < 4.78 is 1.85. The van der Waals surface area contributed by atoms with Crippen LogP contribution in [0.4, 0.5) is 5.82 Å². The standard InChI is InChI=1S/C23H25N5O2/c1-3-20(17-8-5-4-6-9-17)28-21(11-13-25-28)26-23(30)19-15-27(16(2)29)14-18-10-7-12-24-22(18)19/h4-13,19-20H,3,14-15H2,1-2H3,(H,26,30). The van der Waals surface area contributed by atoms with E-state index in [0.29, 0.717) is 18.9 Å². The highest BCUT2D eigenvalue weighted by atomic mass is 16.2. The van der Waals surface area contributed by atoms with Crippen molar-refractivity contribution in [2.45, 2.75) is 38.8 Å². The maximum atomic E-state index is 13.3. The summed E-state index contributed by atoms with van der Waals surface area (Å²) >= 11 is 0. The first-order valence-electron chi connectivity index (χ1n) is 10.2. The summed E-state index contributed by atoms with van der Waals surface area (Å²) in [6.07, 6.45) is 4.21. The average molecular weight is 403 g/mol. The van der Waals surface area contributed by atoms with E-state index in [1.165, 1.54) is 6.92 Å². The second kappa shape index (κ2) is 8.49. The first kappa shape index (κ1) is 19.8. The van der Waals surface area contributed by atoms with E-state index in [-0.39, 0.29) is 17.9 Å². The van der Waals surface area contributed by atoms with Crippen molar-refractivity contribution in [3.8, 4) is 0 Å². The van der Waals surface area contributed by atoms with Crippen molar-refractivity contribution in [1.29, 1.82) is 0 Å². The van der Waals surface area contributed by atoms with Crippen LogP contribution >= 0.6 is 0 Å². The van der Waals surface area contributed by atoms with Crippen LogP contribution in [-0.4, -0.2) is 38.0 Å². The Hall–Kier alpha value is -3.48. The number of pyridine rings is 1. The van der Waals surface area contributed by atoms with Crippen LogP contribution in [0.3, 0.4) is 0 Å². The number of nitrogens with one attached hydrogen (secondary N) is 1. The molecule has 154 valence electrons. The Balaban J connectivity index is 1.61. The van der Waals surface area contributed by atoms with E-state index < -0.39 is 5.92 Å². The summed E-state index contributed by atoms with van der Waals surface area (Å²) in [6, 6.07) is 15.7. The zero-order chi connectivity index (χ0) is 21.1. The molecule has 1 N–H and O–H groups in total. The fourth-order valence-corrected chi connectivity index (χ4v) is 4.02. The summed E-state index contributed by atoms with van der Waals surface area (Å²) in [7, 11) is 0. The number of carbonyl (C=O) groups excluding carboxylic acids is 2. The molecule has 3 heterocycles. The Morgan fingerprint density at radius 1 is 1.13 bits per heavy atom. The van der Waals surface area contributed by atoms with Gasteiger partial charge in [-0.25, -0.2) is 4.68 Å². The summed E-state index contributed by atoms with van der Waals surface area (Å²) in [5, 5.41) is 7.50. The molecule has 0 bridgehead atoms. The number of aromatic nitrogens is 3. The molecule has 1 aliphatic heterocycles. The van der Waals surface area contributed by atoms with Crippen LogP contribution in [0.15, 0.2) is 60.9 Å². The number of benzene rings is 1. The molecule has 2 atom stereocenters. The molecule has 2 unspecified atom stereocenters. The summed E-state index contributed by atoms with van der Waals surface area (Å²) in [4.78, 5) is 31.4. The molecule has 2 aromatic heterocycles. The zero-order valence-electron chi connectivity index (χ0n) is 17.2. The molecule has 30 heavy (non-hydrogen) atoms. The third kappa shape index (κ3) is 3.83. The van der Waals surface area contributed by atoms with Crippen LogP contribution in [0.5, 0.6) is 0 Å². The van der Waals surface area contributed by atoms with E-state index in [0.717, 1.165) is 23.2 Å². The Bertz CT molecular complexity index is 1050. The minimum absolute atomic E-state index is 0.0157. The molecule has 0 saturated carbocycles. The normalized spacial score (nSPS) is 16.6. The van der Waals surface area contributed by atoms with Gasteiger partial charge in [0.2, 0.25) is 11.8 Å². The van der Waals surface area contributed by atoms with Crippen molar-refractivity contribution in [1.82, 2.24) is 19.7 Å². The second-order valence-electron chi connectivity index (χ2n) is 7.48. The first-order valence-corrected chi connectivity index (χ1v) is 10.2. The molecule has 0 radical (unpaired) electrons. The number of carbonyl (C=O) groups is 2. The molecule has 1 aromatic carbocycles. The number of rotatable bonds is 5. The van der Waals surface area contributed by atoms with Crippen molar-refractivity contribution in [3.63, 3.8) is 0 Å². The van der Waals surface area contributed by atoms with Gasteiger partial charge >= 0.3 is 0 Å². The monoisotopic (exact) mass is 403 g/mol. The van der Waals surface area contributed by atoms with Gasteiger partial charge in [-0.05, 0) is 23.6 Å². The quantitative estimate of drug-likeness (QED) is 0.708. The lowest BCUT2D eigenvalue weighted by atomic mass is 9.94. The molecule has 0 saturated heterocycles. The number of hydrogen-bond acceptors (Lipinski definition) is 4. The minimum atomic E-state index is -0.529. The lowest BCUT2D eigenvalue weighted by molar-refractivity contribution is -0.131. The number of hydrogen-bond donors (Lipinski definition) is 1. The highest BCUT2D eigenvalue weighted by Crippen LogP contribution is 2.29. The Morgan fingerprint density at radius 2 is 1.93 bits per heavy atom. The molecule has 3 aromatic rings. The van der Waals surface area contributed by atoms with E-state index in [1.54, 1.807) is 23.4 Å². The van der Waals surface area contributed by atoms with Crippen molar-refractivity contribution in [3.05, 3.63) is 77.7 Å². The van der Waals surface area contributed by atoms with Gasteiger partial charge in [-0.1, -0.05) is 43.3 Å². The third-order valence-corrected chi connectivity index (χ3v) is 5.57. The van der Waals surface area contributed by atoms with Crippen LogP contribution < -0.4 is 5.32 Å². The van der Waals surface area contributed by atoms with E-state index in [9.17, 15) is 9.59 Å². The van der Waals surface area contributed by atoms with E-state index in [2.05, 4.69) is 34.5 Å². The predicted octanol–water partition coefficient (Wildman–Crippen LogP) is 3.36. The summed E-state index contributed by atoms with van der Waals surface area (Å²) in [6.45, 7) is 4.41. The van der Waals surface area contributed by atoms with Gasteiger partial charge < -0.3 is 10.2 Å². The minimum Gasteiger partial charge on any atom is -0.337 e. The van der Waals surface area contributed by atoms with Crippen LogP contribution in [0.25, 0.3) is 0 Å². The maximum absolute atomic E-state index is 13.3. The van der Waals surface area contributed by atoms with Gasteiger partial charge in [0, 0.05) is 32.3 Å². The molecule has 0 aliphatic carbocycles. The SMILES string of the molecule is CCC(c1ccccc1)n1nccc1NC(=O)C1CN(C(C)=O)Cc2cccnc21. The molecule has 1 aliphatic rings. The molecule has 7 nitrogen and oxygen atoms in total. The van der Waals surface area contributed by atoms with Crippen LogP contribution in [-0.2, 0) is 16.1 Å². The second-order valence-corrected chi connectivity index (χ2v) is 7.48. The highest BCUT2D eigenvalue weighted by Gasteiger charge is 2.33. The van der Waals surface area contributed by atoms with Crippen molar-refractivity contribution < 1.29 is 9.59 Å². The van der Waals surface area contributed by atoms with E-state index in [4.69, 9.17) is 0 Å². The maximum Gasteiger partial charge on any atom is 0.236 e. The molecular weight excluding hydrogens is 378 g/mol. The van der Waals surface area contributed by atoms with Gasteiger partial charge in [-0.2, -0.15) is 5.10 Å². The van der Waals surface area contributed by atoms with Crippen LogP contribution in [0.1, 0.15) is 49.0 Å². The van der Waals surface area contributed by atoms with Crippen LogP contribution in [0, 0.1) is 0 Å².